The van der Waals surface area contributed by atoms with E-state index in [-0.39, 0.29) is 11.4 Å². The molecular formula is C24H21ClN2O4S. The maximum absolute atomic E-state index is 12.4. The Bertz CT molecular complexity index is 1220. The van der Waals surface area contributed by atoms with Gasteiger partial charge >= 0.3 is 5.97 Å². The fourth-order valence-corrected chi connectivity index (χ4v) is 4.19. The summed E-state index contributed by atoms with van der Waals surface area (Å²) in [5.41, 5.74) is 3.25. The molecule has 2 aromatic heterocycles. The van der Waals surface area contributed by atoms with Crippen LogP contribution in [0.15, 0.2) is 48.0 Å². The summed E-state index contributed by atoms with van der Waals surface area (Å²) in [6.07, 6.45) is 1.47. The summed E-state index contributed by atoms with van der Waals surface area (Å²) in [4.78, 5) is 24.9. The van der Waals surface area contributed by atoms with Crippen molar-refractivity contribution < 1.29 is 19.1 Å². The monoisotopic (exact) mass is 468 g/mol. The third-order valence-corrected chi connectivity index (χ3v) is 5.97. The van der Waals surface area contributed by atoms with Gasteiger partial charge in [-0.25, -0.2) is 4.79 Å². The third kappa shape index (κ3) is 5.28. The molecule has 0 fully saturated rings. The minimum absolute atomic E-state index is 0.186. The van der Waals surface area contributed by atoms with Crippen LogP contribution < -0.4 is 4.74 Å². The molecule has 0 aliphatic rings. The molecular weight excluding hydrogens is 448 g/mol. The van der Waals surface area contributed by atoms with Crippen molar-refractivity contribution in [1.29, 1.82) is 5.26 Å². The van der Waals surface area contributed by atoms with Crippen molar-refractivity contribution in [3.8, 4) is 17.5 Å². The molecule has 164 valence electrons. The number of thiophene rings is 1. The number of aromatic nitrogens is 1. The molecule has 0 N–H and O–H groups in total. The molecule has 3 rings (SSSR count). The molecule has 3 aromatic rings. The zero-order valence-electron chi connectivity index (χ0n) is 17.8. The van der Waals surface area contributed by atoms with Gasteiger partial charge < -0.3 is 14.0 Å². The molecule has 0 bridgehead atoms. The van der Waals surface area contributed by atoms with E-state index in [2.05, 4.69) is 0 Å². The van der Waals surface area contributed by atoms with Crippen molar-refractivity contribution in [2.75, 3.05) is 13.2 Å². The second kappa shape index (κ2) is 10.3. The highest BCUT2D eigenvalue weighted by atomic mass is 35.5. The molecule has 0 aliphatic carbocycles. The van der Waals surface area contributed by atoms with Crippen LogP contribution in [-0.4, -0.2) is 29.5 Å². The maximum atomic E-state index is 12.4. The number of ketones is 1. The summed E-state index contributed by atoms with van der Waals surface area (Å²) in [5.74, 6) is -0.441. The summed E-state index contributed by atoms with van der Waals surface area (Å²) in [6, 6.07) is 14.6. The van der Waals surface area contributed by atoms with E-state index < -0.39 is 12.6 Å². The molecule has 1 aromatic carbocycles. The van der Waals surface area contributed by atoms with Gasteiger partial charge in [-0.05, 0) is 74.9 Å². The van der Waals surface area contributed by atoms with Gasteiger partial charge in [-0.15, -0.1) is 11.3 Å². The summed E-state index contributed by atoms with van der Waals surface area (Å²) in [6.45, 7) is 5.91. The molecule has 0 saturated heterocycles. The number of halogens is 1. The first-order valence-corrected chi connectivity index (χ1v) is 11.0. The van der Waals surface area contributed by atoms with Crippen molar-refractivity contribution >= 4 is 40.8 Å². The number of aryl methyl sites for hydroxylation is 1. The molecule has 0 amide bonds. The van der Waals surface area contributed by atoms with E-state index in [1.807, 2.05) is 61.7 Å². The fraction of sp³-hybridized carbons (Fsp3) is 0.208. The van der Waals surface area contributed by atoms with Gasteiger partial charge in [0.2, 0.25) is 5.78 Å². The van der Waals surface area contributed by atoms with Gasteiger partial charge in [0.1, 0.15) is 17.4 Å². The van der Waals surface area contributed by atoms with Crippen LogP contribution in [0.3, 0.4) is 0 Å². The van der Waals surface area contributed by atoms with Gasteiger partial charge in [0, 0.05) is 17.1 Å². The molecule has 0 spiro atoms. The topological polar surface area (TPSA) is 81.3 Å². The number of esters is 1. The lowest BCUT2D eigenvalue weighted by atomic mass is 10.1. The molecule has 0 saturated carbocycles. The second-order valence-corrected chi connectivity index (χ2v) is 8.58. The largest absolute Gasteiger partial charge is 0.494 e. The average Bonchev–Trinajstić information content (AvgIpc) is 3.33. The van der Waals surface area contributed by atoms with Crippen molar-refractivity contribution in [2.24, 2.45) is 0 Å². The van der Waals surface area contributed by atoms with Crippen LogP contribution in [0, 0.1) is 25.2 Å². The summed E-state index contributed by atoms with van der Waals surface area (Å²) in [7, 11) is 0. The van der Waals surface area contributed by atoms with Crippen molar-refractivity contribution in [2.45, 2.75) is 20.8 Å². The Balaban J connectivity index is 1.78. The SMILES string of the molecule is CCOc1ccc(-n2c(C)cc(/C=C(\C#N)C(=O)OCC(=O)c3ccc(Cl)s3)c2C)cc1. The average molecular weight is 469 g/mol. The first-order chi connectivity index (χ1) is 15.3. The smallest absolute Gasteiger partial charge is 0.349 e. The van der Waals surface area contributed by atoms with Crippen LogP contribution in [-0.2, 0) is 9.53 Å². The van der Waals surface area contributed by atoms with E-state index in [0.29, 0.717) is 21.4 Å². The summed E-state index contributed by atoms with van der Waals surface area (Å²) >= 11 is 6.93. The minimum atomic E-state index is -0.852. The van der Waals surface area contributed by atoms with Crippen molar-refractivity contribution in [3.63, 3.8) is 0 Å². The molecule has 0 radical (unpaired) electrons. The predicted molar refractivity (Wildman–Crippen MR) is 125 cm³/mol. The van der Waals surface area contributed by atoms with E-state index in [1.54, 1.807) is 12.1 Å². The first kappa shape index (κ1) is 23.3. The van der Waals surface area contributed by atoms with Crippen LogP contribution in [0.25, 0.3) is 11.8 Å². The molecule has 6 nitrogen and oxygen atoms in total. The number of carbonyl (C=O) groups is 2. The van der Waals surface area contributed by atoms with Crippen LogP contribution in [0.4, 0.5) is 0 Å². The quantitative estimate of drug-likeness (QED) is 0.187. The molecule has 8 heteroatoms. The van der Waals surface area contributed by atoms with Crippen LogP contribution in [0.2, 0.25) is 4.34 Å². The maximum Gasteiger partial charge on any atom is 0.349 e. The lowest BCUT2D eigenvalue weighted by Crippen LogP contribution is -2.14. The zero-order chi connectivity index (χ0) is 23.3. The summed E-state index contributed by atoms with van der Waals surface area (Å²) in [5, 5.41) is 9.47. The highest BCUT2D eigenvalue weighted by Crippen LogP contribution is 2.25. The van der Waals surface area contributed by atoms with E-state index in [9.17, 15) is 14.9 Å². The van der Waals surface area contributed by atoms with E-state index >= 15 is 0 Å². The Labute approximate surface area is 195 Å². The normalized spacial score (nSPS) is 11.2. The molecule has 32 heavy (non-hydrogen) atoms. The van der Waals surface area contributed by atoms with Crippen molar-refractivity contribution in [1.82, 2.24) is 4.57 Å². The number of hydrogen-bond acceptors (Lipinski definition) is 6. The lowest BCUT2D eigenvalue weighted by molar-refractivity contribution is -0.137. The number of Topliss-reactive ketones (excluding diaryl/α,β-unsaturated/α-hetero) is 1. The standard InChI is InChI=1S/C24H21ClN2O4S/c1-4-30-20-7-5-19(6-8-20)27-15(2)11-17(16(27)3)12-18(13-26)24(29)31-14-21(28)22-9-10-23(25)32-22/h5-12H,4,14H2,1-3H3/b18-12+. The molecule has 2 heterocycles. The molecule has 0 aliphatic heterocycles. The first-order valence-electron chi connectivity index (χ1n) is 9.83. The number of hydrogen-bond donors (Lipinski definition) is 0. The van der Waals surface area contributed by atoms with Gasteiger partial charge in [-0.3, -0.25) is 4.79 Å². The number of nitriles is 1. The van der Waals surface area contributed by atoms with Crippen LogP contribution in [0.1, 0.15) is 33.5 Å². The Hall–Kier alpha value is -3.34. The number of ether oxygens (including phenoxy) is 2. The van der Waals surface area contributed by atoms with Gasteiger partial charge in [0.15, 0.2) is 6.61 Å². The number of nitrogens with zero attached hydrogens (tertiary/aromatic N) is 2. The van der Waals surface area contributed by atoms with E-state index in [1.165, 1.54) is 6.08 Å². The highest BCUT2D eigenvalue weighted by Gasteiger charge is 2.17. The second-order valence-electron chi connectivity index (χ2n) is 6.86. The van der Waals surface area contributed by atoms with Gasteiger partial charge in [-0.1, -0.05) is 11.6 Å². The third-order valence-electron chi connectivity index (χ3n) is 4.70. The van der Waals surface area contributed by atoms with Gasteiger partial charge in [0.25, 0.3) is 0 Å². The highest BCUT2D eigenvalue weighted by molar-refractivity contribution is 7.18. The predicted octanol–water partition coefficient (Wildman–Crippen LogP) is 5.54. The molecule has 0 atom stereocenters. The van der Waals surface area contributed by atoms with E-state index in [0.717, 1.165) is 34.2 Å². The van der Waals surface area contributed by atoms with Crippen LogP contribution in [0.5, 0.6) is 5.75 Å². The van der Waals surface area contributed by atoms with Crippen molar-refractivity contribution in [3.05, 3.63) is 74.2 Å². The minimum Gasteiger partial charge on any atom is -0.494 e. The lowest BCUT2D eigenvalue weighted by Gasteiger charge is -2.11. The van der Waals surface area contributed by atoms with Gasteiger partial charge in [-0.2, -0.15) is 5.26 Å². The number of rotatable bonds is 8. The fourth-order valence-electron chi connectivity index (χ4n) is 3.23. The Morgan fingerprint density at radius 2 is 1.91 bits per heavy atom. The zero-order valence-corrected chi connectivity index (χ0v) is 19.4. The van der Waals surface area contributed by atoms with E-state index in [4.69, 9.17) is 21.1 Å². The molecule has 0 unspecified atom stereocenters. The number of benzene rings is 1. The number of carbonyl (C=O) groups excluding carboxylic acids is 2. The van der Waals surface area contributed by atoms with Crippen LogP contribution >= 0.6 is 22.9 Å². The Morgan fingerprint density at radius 3 is 2.50 bits per heavy atom. The Kier molecular flexibility index (Phi) is 7.52. The Morgan fingerprint density at radius 1 is 1.19 bits per heavy atom. The summed E-state index contributed by atoms with van der Waals surface area (Å²) < 4.78 is 13.0. The van der Waals surface area contributed by atoms with Gasteiger partial charge in [0.05, 0.1) is 15.8 Å².